The Bertz CT molecular complexity index is 713. The number of fused-ring (bicyclic) bond motifs is 1. The van der Waals surface area contributed by atoms with Crippen LogP contribution >= 0.6 is 23.2 Å². The summed E-state index contributed by atoms with van der Waals surface area (Å²) in [5.74, 6) is 1.25. The molecule has 0 spiro atoms. The molecule has 0 aliphatic heterocycles. The quantitative estimate of drug-likeness (QED) is 0.821. The van der Waals surface area contributed by atoms with Crippen molar-refractivity contribution in [3.8, 4) is 0 Å². The molecule has 0 aliphatic carbocycles. The van der Waals surface area contributed by atoms with E-state index in [1.807, 2.05) is 16.7 Å². The number of nitrogens with one attached hydrogen (secondary N) is 1. The molecule has 1 N–H and O–H groups in total. The van der Waals surface area contributed by atoms with E-state index in [4.69, 9.17) is 23.2 Å². The van der Waals surface area contributed by atoms with Gasteiger partial charge in [-0.2, -0.15) is 0 Å². The summed E-state index contributed by atoms with van der Waals surface area (Å²) in [5, 5.41) is 0.593. The fourth-order valence-electron chi connectivity index (χ4n) is 2.05. The van der Waals surface area contributed by atoms with Crippen LogP contribution < -0.4 is 4.72 Å². The summed E-state index contributed by atoms with van der Waals surface area (Å²) in [6.45, 7) is 0.740. The summed E-state index contributed by atoms with van der Waals surface area (Å²) in [6, 6.07) is 5.50. The number of aryl methyl sites for hydroxylation is 1. The predicted octanol–water partition coefficient (Wildman–Crippen LogP) is 2.02. The van der Waals surface area contributed by atoms with Gasteiger partial charge < -0.3 is 4.57 Å². The molecule has 2 aromatic rings. The van der Waals surface area contributed by atoms with Gasteiger partial charge in [-0.1, -0.05) is 17.7 Å². The molecular formula is C12H15Cl2N3O2S. The highest BCUT2D eigenvalue weighted by Crippen LogP contribution is 2.24. The van der Waals surface area contributed by atoms with Crippen molar-refractivity contribution >= 4 is 44.3 Å². The molecule has 1 aromatic carbocycles. The van der Waals surface area contributed by atoms with Gasteiger partial charge in [0.1, 0.15) is 5.82 Å². The highest BCUT2D eigenvalue weighted by molar-refractivity contribution is 7.88. The van der Waals surface area contributed by atoms with Gasteiger partial charge in [-0.05, 0) is 12.1 Å². The van der Waals surface area contributed by atoms with Crippen molar-refractivity contribution in [3.63, 3.8) is 0 Å². The first-order valence-electron chi connectivity index (χ1n) is 6.06. The van der Waals surface area contributed by atoms with Crippen LogP contribution in [-0.4, -0.2) is 36.6 Å². The van der Waals surface area contributed by atoms with Crippen molar-refractivity contribution in [2.24, 2.45) is 0 Å². The monoisotopic (exact) mass is 335 g/mol. The Labute approximate surface area is 127 Å². The van der Waals surface area contributed by atoms with Crippen molar-refractivity contribution in [2.45, 2.75) is 13.0 Å². The molecule has 0 aliphatic rings. The Hall–Kier alpha value is -0.820. The zero-order valence-corrected chi connectivity index (χ0v) is 13.3. The predicted molar refractivity (Wildman–Crippen MR) is 82.0 cm³/mol. The number of hydrogen-bond acceptors (Lipinski definition) is 3. The number of hydrogen-bond donors (Lipinski definition) is 1. The zero-order chi connectivity index (χ0) is 14.8. The normalized spacial score (nSPS) is 12.2. The van der Waals surface area contributed by atoms with Gasteiger partial charge in [0, 0.05) is 25.4 Å². The molecule has 0 saturated carbocycles. The Kier molecular flexibility index (Phi) is 4.90. The van der Waals surface area contributed by atoms with Gasteiger partial charge in [0.2, 0.25) is 10.0 Å². The molecule has 0 saturated heterocycles. The molecule has 1 heterocycles. The number of para-hydroxylation sites is 1. The first kappa shape index (κ1) is 15.6. The number of halogens is 2. The third-order valence-corrected chi connectivity index (χ3v) is 4.04. The molecular weight excluding hydrogens is 321 g/mol. The van der Waals surface area contributed by atoms with Crippen molar-refractivity contribution in [1.29, 1.82) is 0 Å². The van der Waals surface area contributed by atoms with Gasteiger partial charge in [0.25, 0.3) is 0 Å². The minimum absolute atomic E-state index is 0.283. The van der Waals surface area contributed by atoms with E-state index in [9.17, 15) is 8.42 Å². The maximum atomic E-state index is 11.1. The molecule has 0 atom stereocenters. The molecule has 5 nitrogen and oxygen atoms in total. The van der Waals surface area contributed by atoms with Gasteiger partial charge in [0.15, 0.2) is 0 Å². The van der Waals surface area contributed by atoms with Crippen LogP contribution in [0.2, 0.25) is 5.02 Å². The molecule has 2 rings (SSSR count). The van der Waals surface area contributed by atoms with E-state index in [0.717, 1.165) is 23.1 Å². The topological polar surface area (TPSA) is 64.0 Å². The molecule has 8 heteroatoms. The van der Waals surface area contributed by atoms with Crippen molar-refractivity contribution in [3.05, 3.63) is 29.0 Å². The molecule has 20 heavy (non-hydrogen) atoms. The van der Waals surface area contributed by atoms with Crippen LogP contribution in [-0.2, 0) is 23.0 Å². The lowest BCUT2D eigenvalue weighted by Gasteiger charge is -2.09. The molecule has 0 bridgehead atoms. The molecule has 110 valence electrons. The highest BCUT2D eigenvalue weighted by Gasteiger charge is 2.13. The van der Waals surface area contributed by atoms with Crippen molar-refractivity contribution in [2.75, 3.05) is 18.7 Å². The van der Waals surface area contributed by atoms with Crippen molar-refractivity contribution < 1.29 is 8.42 Å². The van der Waals surface area contributed by atoms with Crippen LogP contribution in [0.25, 0.3) is 11.0 Å². The van der Waals surface area contributed by atoms with E-state index in [-0.39, 0.29) is 6.54 Å². The second-order valence-electron chi connectivity index (χ2n) is 4.39. The highest BCUT2D eigenvalue weighted by atomic mass is 35.5. The number of rotatable bonds is 6. The third kappa shape index (κ3) is 3.63. The lowest BCUT2D eigenvalue weighted by molar-refractivity contribution is 0.577. The largest absolute Gasteiger partial charge is 0.325 e. The molecule has 0 unspecified atom stereocenters. The van der Waals surface area contributed by atoms with Crippen LogP contribution in [0.5, 0.6) is 0 Å². The van der Waals surface area contributed by atoms with Gasteiger partial charge in [0.05, 0.1) is 22.3 Å². The summed E-state index contributed by atoms with van der Waals surface area (Å²) in [4.78, 5) is 4.50. The number of alkyl halides is 1. The first-order valence-corrected chi connectivity index (χ1v) is 8.87. The van der Waals surface area contributed by atoms with E-state index in [1.165, 1.54) is 0 Å². The first-order chi connectivity index (χ1) is 9.42. The summed E-state index contributed by atoms with van der Waals surface area (Å²) < 4.78 is 26.6. The SMILES string of the molecule is CS(=O)(=O)NCCn1c(CCCl)nc2cccc(Cl)c21. The lowest BCUT2D eigenvalue weighted by Crippen LogP contribution is -2.26. The molecule has 0 fully saturated rings. The Morgan fingerprint density at radius 1 is 1.40 bits per heavy atom. The van der Waals surface area contributed by atoms with E-state index < -0.39 is 10.0 Å². The van der Waals surface area contributed by atoms with Crippen LogP contribution in [0.4, 0.5) is 0 Å². The van der Waals surface area contributed by atoms with Gasteiger partial charge in [-0.15, -0.1) is 11.6 Å². The van der Waals surface area contributed by atoms with Gasteiger partial charge >= 0.3 is 0 Å². The van der Waals surface area contributed by atoms with Gasteiger partial charge in [-0.3, -0.25) is 0 Å². The Morgan fingerprint density at radius 2 is 2.15 bits per heavy atom. The van der Waals surface area contributed by atoms with E-state index in [1.54, 1.807) is 6.07 Å². The standard InChI is InChI=1S/C12H15Cl2N3O2S/c1-20(18,19)15-7-8-17-11(5-6-13)16-10-4-2-3-9(14)12(10)17/h2-4,15H,5-8H2,1H3. The summed E-state index contributed by atoms with van der Waals surface area (Å²) in [5.41, 5.74) is 1.60. The second kappa shape index (κ2) is 6.30. The van der Waals surface area contributed by atoms with Crippen molar-refractivity contribution in [1.82, 2.24) is 14.3 Å². The maximum absolute atomic E-state index is 11.1. The smallest absolute Gasteiger partial charge is 0.208 e. The molecule has 1 aromatic heterocycles. The fourth-order valence-corrected chi connectivity index (χ4v) is 2.95. The van der Waals surface area contributed by atoms with E-state index in [2.05, 4.69) is 9.71 Å². The average molecular weight is 336 g/mol. The average Bonchev–Trinajstić information content (AvgIpc) is 2.68. The Morgan fingerprint density at radius 3 is 2.80 bits per heavy atom. The lowest BCUT2D eigenvalue weighted by atomic mass is 10.3. The maximum Gasteiger partial charge on any atom is 0.208 e. The summed E-state index contributed by atoms with van der Waals surface area (Å²) >= 11 is 12.0. The number of aromatic nitrogens is 2. The Balaban J connectivity index is 2.35. The van der Waals surface area contributed by atoms with Crippen LogP contribution in [0.1, 0.15) is 5.82 Å². The third-order valence-electron chi connectivity index (χ3n) is 2.81. The van der Waals surface area contributed by atoms with Crippen LogP contribution in [0.3, 0.4) is 0 Å². The molecule has 0 amide bonds. The van der Waals surface area contributed by atoms with Crippen LogP contribution in [0.15, 0.2) is 18.2 Å². The zero-order valence-electron chi connectivity index (χ0n) is 10.9. The second-order valence-corrected chi connectivity index (χ2v) is 7.01. The molecule has 0 radical (unpaired) electrons. The summed E-state index contributed by atoms with van der Waals surface area (Å²) in [7, 11) is -3.21. The number of sulfonamides is 1. The fraction of sp³-hybridized carbons (Fsp3) is 0.417. The number of nitrogens with zero attached hydrogens (tertiary/aromatic N) is 2. The minimum Gasteiger partial charge on any atom is -0.325 e. The van der Waals surface area contributed by atoms with Crippen LogP contribution in [0, 0.1) is 0 Å². The summed E-state index contributed by atoms with van der Waals surface area (Å²) in [6.07, 6.45) is 1.73. The number of imidazole rings is 1. The number of benzene rings is 1. The van der Waals surface area contributed by atoms with E-state index >= 15 is 0 Å². The minimum atomic E-state index is -3.21. The van der Waals surface area contributed by atoms with Gasteiger partial charge in [-0.25, -0.2) is 18.1 Å². The van der Waals surface area contributed by atoms with E-state index in [0.29, 0.717) is 23.9 Å².